The summed E-state index contributed by atoms with van der Waals surface area (Å²) in [5.74, 6) is 4.74. The van der Waals surface area contributed by atoms with Crippen molar-refractivity contribution in [3.63, 3.8) is 0 Å². The number of hydrogen-bond acceptors (Lipinski definition) is 4. The summed E-state index contributed by atoms with van der Waals surface area (Å²) in [5.41, 5.74) is 4.02. The Hall–Kier alpha value is -2.86. The molecule has 2 aromatic carbocycles. The molecule has 0 saturated heterocycles. The van der Waals surface area contributed by atoms with E-state index in [4.69, 9.17) is 10.6 Å². The highest BCUT2D eigenvalue weighted by atomic mass is 16.5. The van der Waals surface area contributed by atoms with Crippen molar-refractivity contribution in [2.75, 3.05) is 0 Å². The van der Waals surface area contributed by atoms with Gasteiger partial charge < -0.3 is 10.1 Å². The van der Waals surface area contributed by atoms with E-state index in [2.05, 4.69) is 10.7 Å². The highest BCUT2D eigenvalue weighted by Gasteiger charge is 2.20. The van der Waals surface area contributed by atoms with Crippen molar-refractivity contribution in [1.82, 2.24) is 10.7 Å². The largest absolute Gasteiger partial charge is 0.445 e. The zero-order valence-corrected chi connectivity index (χ0v) is 13.3. The molecule has 0 aliphatic heterocycles. The average Bonchev–Trinajstić information content (AvgIpc) is 2.64. The quantitative estimate of drug-likeness (QED) is 0.411. The molecule has 4 N–H and O–H groups in total. The number of carbonyl (C=O) groups is 2. The van der Waals surface area contributed by atoms with Gasteiger partial charge in [0.05, 0.1) is 0 Å². The molecule has 0 heterocycles. The Labute approximate surface area is 141 Å². The lowest BCUT2D eigenvalue weighted by Crippen LogP contribution is -2.49. The van der Waals surface area contributed by atoms with Gasteiger partial charge in [0.15, 0.2) is 0 Å². The highest BCUT2D eigenvalue weighted by Crippen LogP contribution is 2.06. The van der Waals surface area contributed by atoms with Crippen molar-refractivity contribution in [3.05, 3.63) is 71.8 Å². The van der Waals surface area contributed by atoms with E-state index in [1.807, 2.05) is 60.7 Å². The molecule has 0 bridgehead atoms. The van der Waals surface area contributed by atoms with Gasteiger partial charge >= 0.3 is 6.09 Å². The summed E-state index contributed by atoms with van der Waals surface area (Å²) in [4.78, 5) is 23.7. The highest BCUT2D eigenvalue weighted by molar-refractivity contribution is 5.85. The number of benzene rings is 2. The number of hydrogen-bond donors (Lipinski definition) is 3. The fraction of sp³-hybridized carbons (Fsp3) is 0.222. The molecule has 2 amide bonds. The van der Waals surface area contributed by atoms with Gasteiger partial charge in [-0.15, -0.1) is 0 Å². The van der Waals surface area contributed by atoms with Crippen molar-refractivity contribution >= 4 is 12.0 Å². The van der Waals surface area contributed by atoms with Crippen LogP contribution in [0.4, 0.5) is 4.79 Å². The first-order valence-electron chi connectivity index (χ1n) is 7.70. The van der Waals surface area contributed by atoms with Crippen LogP contribution in [0.1, 0.15) is 17.5 Å². The van der Waals surface area contributed by atoms with E-state index in [0.717, 1.165) is 11.1 Å². The summed E-state index contributed by atoms with van der Waals surface area (Å²) in [6.07, 6.45) is 0.409. The molecule has 0 aromatic heterocycles. The lowest BCUT2D eigenvalue weighted by atomic mass is 10.1. The van der Waals surface area contributed by atoms with Crippen molar-refractivity contribution in [2.45, 2.75) is 25.5 Å². The molecule has 2 aromatic rings. The topological polar surface area (TPSA) is 93.5 Å². The number of carbonyl (C=O) groups excluding carboxylic acids is 2. The third-order valence-corrected chi connectivity index (χ3v) is 3.53. The monoisotopic (exact) mass is 327 g/mol. The summed E-state index contributed by atoms with van der Waals surface area (Å²) in [5, 5.41) is 2.56. The lowest BCUT2D eigenvalue weighted by molar-refractivity contribution is -0.123. The number of amides is 2. The van der Waals surface area contributed by atoms with E-state index in [1.165, 1.54) is 0 Å². The normalized spacial score (nSPS) is 11.4. The summed E-state index contributed by atoms with van der Waals surface area (Å²) in [6.45, 7) is 0.141. The van der Waals surface area contributed by atoms with Gasteiger partial charge in [-0.2, -0.15) is 0 Å². The predicted octanol–water partition coefficient (Wildman–Crippen LogP) is 1.90. The van der Waals surface area contributed by atoms with Crippen LogP contribution in [0.3, 0.4) is 0 Å². The molecule has 2 rings (SSSR count). The zero-order valence-electron chi connectivity index (χ0n) is 13.3. The van der Waals surface area contributed by atoms with E-state index in [0.29, 0.717) is 12.8 Å². The Morgan fingerprint density at radius 1 is 0.958 bits per heavy atom. The van der Waals surface area contributed by atoms with Gasteiger partial charge in [-0.25, -0.2) is 10.6 Å². The van der Waals surface area contributed by atoms with Crippen LogP contribution in [0, 0.1) is 0 Å². The van der Waals surface area contributed by atoms with Crippen LogP contribution in [0.15, 0.2) is 60.7 Å². The Morgan fingerprint density at radius 3 is 2.12 bits per heavy atom. The molecular formula is C18H21N3O3. The smallest absolute Gasteiger partial charge is 0.408 e. The molecule has 24 heavy (non-hydrogen) atoms. The molecular weight excluding hydrogens is 306 g/mol. The Kier molecular flexibility index (Phi) is 6.79. The first kappa shape index (κ1) is 17.5. The Bertz CT molecular complexity index is 647. The van der Waals surface area contributed by atoms with Crippen LogP contribution in [-0.4, -0.2) is 18.0 Å². The Balaban J connectivity index is 1.85. The number of hydrazine groups is 1. The molecule has 1 unspecified atom stereocenters. The minimum atomic E-state index is -0.751. The number of rotatable bonds is 7. The maximum atomic E-state index is 11.9. The fourth-order valence-corrected chi connectivity index (χ4v) is 2.23. The number of alkyl carbamates (subject to hydrolysis) is 1. The van der Waals surface area contributed by atoms with Crippen LogP contribution in [0.25, 0.3) is 0 Å². The first-order chi connectivity index (χ1) is 11.7. The van der Waals surface area contributed by atoms with Gasteiger partial charge in [0.25, 0.3) is 5.91 Å². The summed E-state index contributed by atoms with van der Waals surface area (Å²) in [7, 11) is 0. The van der Waals surface area contributed by atoms with Gasteiger partial charge in [-0.3, -0.25) is 10.2 Å². The number of aryl methyl sites for hydroxylation is 1. The molecule has 0 spiro atoms. The maximum absolute atomic E-state index is 11.9. The van der Waals surface area contributed by atoms with Gasteiger partial charge in [-0.1, -0.05) is 60.7 Å². The molecule has 6 heteroatoms. The summed E-state index contributed by atoms with van der Waals surface area (Å²) in [6, 6.07) is 18.3. The third-order valence-electron chi connectivity index (χ3n) is 3.53. The van der Waals surface area contributed by atoms with E-state index < -0.39 is 18.0 Å². The van der Waals surface area contributed by atoms with Gasteiger partial charge in [-0.05, 0) is 24.0 Å². The van der Waals surface area contributed by atoms with Crippen molar-refractivity contribution in [2.24, 2.45) is 5.84 Å². The van der Waals surface area contributed by atoms with Crippen molar-refractivity contribution in [3.8, 4) is 0 Å². The first-order valence-corrected chi connectivity index (χ1v) is 7.70. The lowest BCUT2D eigenvalue weighted by Gasteiger charge is -2.17. The molecule has 0 saturated carbocycles. The molecule has 0 radical (unpaired) electrons. The second-order valence-corrected chi connectivity index (χ2v) is 5.29. The molecule has 6 nitrogen and oxygen atoms in total. The molecule has 0 aliphatic rings. The molecule has 126 valence electrons. The fourth-order valence-electron chi connectivity index (χ4n) is 2.23. The van der Waals surface area contributed by atoms with Crippen LogP contribution < -0.4 is 16.6 Å². The maximum Gasteiger partial charge on any atom is 0.408 e. The van der Waals surface area contributed by atoms with Crippen LogP contribution in [-0.2, 0) is 22.6 Å². The average molecular weight is 327 g/mol. The van der Waals surface area contributed by atoms with E-state index in [1.54, 1.807) is 0 Å². The van der Waals surface area contributed by atoms with Gasteiger partial charge in [0, 0.05) is 0 Å². The molecule has 0 aliphatic carbocycles. The number of ether oxygens (including phenoxy) is 1. The molecule has 1 atom stereocenters. The minimum absolute atomic E-state index is 0.141. The van der Waals surface area contributed by atoms with Crippen molar-refractivity contribution < 1.29 is 14.3 Å². The van der Waals surface area contributed by atoms with Gasteiger partial charge in [0.2, 0.25) is 0 Å². The second kappa shape index (κ2) is 9.32. The van der Waals surface area contributed by atoms with Crippen LogP contribution in [0.2, 0.25) is 0 Å². The van der Waals surface area contributed by atoms with E-state index >= 15 is 0 Å². The third kappa shape index (κ3) is 5.73. The van der Waals surface area contributed by atoms with Crippen LogP contribution in [0.5, 0.6) is 0 Å². The van der Waals surface area contributed by atoms with E-state index in [-0.39, 0.29) is 6.61 Å². The standard InChI is InChI=1S/C18H21N3O3/c19-21-17(22)16(12-11-14-7-3-1-4-8-14)20-18(23)24-13-15-9-5-2-6-10-15/h1-10,16H,11-13,19H2,(H,20,23)(H,21,22). The molecule has 0 fully saturated rings. The SMILES string of the molecule is NNC(=O)C(CCc1ccccc1)NC(=O)OCc1ccccc1. The predicted molar refractivity (Wildman–Crippen MR) is 90.6 cm³/mol. The number of nitrogens with two attached hydrogens (primary N) is 1. The second-order valence-electron chi connectivity index (χ2n) is 5.29. The van der Waals surface area contributed by atoms with E-state index in [9.17, 15) is 9.59 Å². The van der Waals surface area contributed by atoms with Crippen LogP contribution >= 0.6 is 0 Å². The summed E-state index contributed by atoms with van der Waals surface area (Å²) >= 11 is 0. The minimum Gasteiger partial charge on any atom is -0.445 e. The Morgan fingerprint density at radius 2 is 1.54 bits per heavy atom. The summed E-state index contributed by atoms with van der Waals surface area (Å²) < 4.78 is 5.13. The zero-order chi connectivity index (χ0) is 17.2. The van der Waals surface area contributed by atoms with Crippen molar-refractivity contribution in [1.29, 1.82) is 0 Å². The van der Waals surface area contributed by atoms with Gasteiger partial charge in [0.1, 0.15) is 12.6 Å². The number of nitrogens with one attached hydrogen (secondary N) is 2.